The molecule has 10 heteroatoms. The van der Waals surface area contributed by atoms with Crippen molar-refractivity contribution in [2.75, 3.05) is 0 Å². The Bertz CT molecular complexity index is 344. The summed E-state index contributed by atoms with van der Waals surface area (Å²) in [6.07, 6.45) is 8.82. The molecule has 0 amide bonds. The topological polar surface area (TPSA) is 8.81 Å². The Labute approximate surface area is 99.8 Å². The number of halogens is 7. The molecule has 1 rings (SSSR count). The van der Waals surface area contributed by atoms with Crippen LogP contribution in [0.2, 0.25) is 0 Å². The summed E-state index contributed by atoms with van der Waals surface area (Å²) in [5.41, 5.74) is 0. The van der Waals surface area contributed by atoms with Crippen LogP contribution in [0, 0.1) is 0 Å². The second-order valence-electron chi connectivity index (χ2n) is 3.63. The number of nitrogens with zero attached hydrogens (tertiary/aromatic N) is 2. The number of aryl methyl sites for hydroxylation is 2. The average Bonchev–Trinajstić information content (AvgIpc) is 2.42. The van der Waals surface area contributed by atoms with Gasteiger partial charge in [0.2, 0.25) is 6.33 Å². The molecule has 0 fully saturated rings. The van der Waals surface area contributed by atoms with Crippen molar-refractivity contribution < 1.29 is 34.5 Å². The maximum Gasteiger partial charge on any atom is -1.00 e. The maximum atomic E-state index is 9.87. The summed E-state index contributed by atoms with van der Waals surface area (Å²) in [6, 6.07) is 0. The van der Waals surface area contributed by atoms with Crippen LogP contribution in [0.25, 0.3) is 0 Å². The number of imidazole rings is 1. The molecule has 1 aromatic heterocycles. The van der Waals surface area contributed by atoms with Gasteiger partial charge in [-0.1, -0.05) is 13.3 Å². The van der Waals surface area contributed by atoms with Gasteiger partial charge in [-0.2, -0.15) is 0 Å². The normalized spacial score (nSPS) is 14.7. The van der Waals surface area contributed by atoms with Crippen molar-refractivity contribution >= 4 is 7.81 Å². The van der Waals surface area contributed by atoms with Gasteiger partial charge in [0.05, 0.1) is 13.6 Å². The summed E-state index contributed by atoms with van der Waals surface area (Å²) in [6.45, 7) is 3.36. The van der Waals surface area contributed by atoms with Crippen LogP contribution in [0.3, 0.4) is 0 Å². The van der Waals surface area contributed by atoms with Gasteiger partial charge >= 0.3 is 33.0 Å². The molecule has 18 heavy (non-hydrogen) atoms. The fraction of sp³-hybridized carbons (Fsp3) is 0.625. The SMILES string of the molecule is CCCCn1cc[n+](C)c1.F[P-](F)(F)(F)(F)F.[F-]. The Balaban J connectivity index is 0. The van der Waals surface area contributed by atoms with Crippen LogP contribution in [-0.4, -0.2) is 4.57 Å². The third kappa shape index (κ3) is 20.5. The zero-order valence-corrected chi connectivity index (χ0v) is 10.7. The Morgan fingerprint density at radius 2 is 1.56 bits per heavy atom. The van der Waals surface area contributed by atoms with Crippen LogP contribution in [-0.2, 0) is 13.6 Å². The third-order valence-corrected chi connectivity index (χ3v) is 1.59. The Morgan fingerprint density at radius 1 is 1.11 bits per heavy atom. The van der Waals surface area contributed by atoms with E-state index in [-0.39, 0.29) is 4.70 Å². The summed E-state index contributed by atoms with van der Waals surface area (Å²) in [5, 5.41) is 0. The van der Waals surface area contributed by atoms with E-state index in [0.717, 1.165) is 6.54 Å². The van der Waals surface area contributed by atoms with E-state index in [1.165, 1.54) is 12.8 Å². The molecule has 2 nitrogen and oxygen atoms in total. The van der Waals surface area contributed by atoms with Crippen molar-refractivity contribution in [1.82, 2.24) is 4.57 Å². The smallest absolute Gasteiger partial charge is 1.00 e. The first-order valence-electron chi connectivity index (χ1n) is 4.85. The van der Waals surface area contributed by atoms with Crippen LogP contribution in [0.15, 0.2) is 18.7 Å². The first kappa shape index (κ1) is 19.5. The van der Waals surface area contributed by atoms with Gasteiger partial charge in [-0.05, 0) is 6.42 Å². The summed E-state index contributed by atoms with van der Waals surface area (Å²) < 4.78 is 63.5. The zero-order valence-electron chi connectivity index (χ0n) is 9.84. The summed E-state index contributed by atoms with van der Waals surface area (Å²) in [7, 11) is -8.61. The Morgan fingerprint density at radius 3 is 1.83 bits per heavy atom. The molecular weight excluding hydrogens is 288 g/mol. The molecule has 0 saturated carbocycles. The van der Waals surface area contributed by atoms with Crippen LogP contribution in [0.1, 0.15) is 19.8 Å². The van der Waals surface area contributed by atoms with Gasteiger partial charge in [0.15, 0.2) is 0 Å². The molecule has 0 aliphatic heterocycles. The molecule has 0 aliphatic rings. The summed E-state index contributed by atoms with van der Waals surface area (Å²) in [5.74, 6) is 0. The van der Waals surface area contributed by atoms with Crippen LogP contribution < -0.4 is 9.27 Å². The van der Waals surface area contributed by atoms with E-state index in [0.29, 0.717) is 0 Å². The Hall–Kier alpha value is -0.850. The largest absolute Gasteiger partial charge is 1.00 e. The third-order valence-electron chi connectivity index (χ3n) is 1.59. The molecule has 112 valence electrons. The van der Waals surface area contributed by atoms with E-state index >= 15 is 0 Å². The predicted molar refractivity (Wildman–Crippen MR) is 54.1 cm³/mol. The minimum absolute atomic E-state index is 0. The fourth-order valence-electron chi connectivity index (χ4n) is 0.975. The number of hydrogen-bond donors (Lipinski definition) is 0. The molecule has 0 spiro atoms. The predicted octanol–water partition coefficient (Wildman–Crippen LogP) is 1.50. The molecule has 0 bridgehead atoms. The number of aromatic nitrogens is 2. The number of rotatable bonds is 3. The van der Waals surface area contributed by atoms with Gasteiger partial charge in [-0.25, -0.2) is 9.13 Å². The van der Waals surface area contributed by atoms with Gasteiger partial charge in [0.1, 0.15) is 12.4 Å². The van der Waals surface area contributed by atoms with Crippen molar-refractivity contribution in [2.24, 2.45) is 7.05 Å². The van der Waals surface area contributed by atoms with Gasteiger partial charge in [0, 0.05) is 0 Å². The first-order valence-corrected chi connectivity index (χ1v) is 6.88. The van der Waals surface area contributed by atoms with E-state index in [9.17, 15) is 25.2 Å². The second-order valence-corrected chi connectivity index (χ2v) is 5.55. The van der Waals surface area contributed by atoms with Gasteiger partial charge in [-0.15, -0.1) is 0 Å². The Kier molecular flexibility index (Phi) is 5.87. The van der Waals surface area contributed by atoms with Crippen molar-refractivity contribution in [2.45, 2.75) is 26.3 Å². The molecule has 0 radical (unpaired) electrons. The first-order chi connectivity index (χ1) is 7.28. The quantitative estimate of drug-likeness (QED) is 0.455. The molecule has 0 N–H and O–H groups in total. The van der Waals surface area contributed by atoms with E-state index < -0.39 is 7.81 Å². The zero-order chi connectivity index (χ0) is 13.8. The van der Waals surface area contributed by atoms with E-state index in [1.54, 1.807) is 0 Å². The molecule has 0 atom stereocenters. The van der Waals surface area contributed by atoms with Gasteiger partial charge < -0.3 is 4.70 Å². The fourth-order valence-corrected chi connectivity index (χ4v) is 0.975. The van der Waals surface area contributed by atoms with Crippen LogP contribution >= 0.6 is 7.81 Å². The second kappa shape index (κ2) is 5.42. The van der Waals surface area contributed by atoms with E-state index in [2.05, 4.69) is 34.8 Å². The molecular formula is C8H15F7N2P-. The minimum Gasteiger partial charge on any atom is -1.00 e. The van der Waals surface area contributed by atoms with E-state index in [4.69, 9.17) is 0 Å². The molecule has 1 heterocycles. The molecule has 0 aliphatic carbocycles. The standard InChI is InChI=1S/C8H15N2.F6P.FH/c1-3-4-5-10-7-6-9(2)8-10;1-7(2,3,4,5)6;/h6-8H,3-5H2,1-2H3;;1H/q+1;-1;/p-1. The monoisotopic (exact) mass is 303 g/mol. The van der Waals surface area contributed by atoms with E-state index in [1.807, 2.05) is 7.05 Å². The average molecular weight is 303 g/mol. The van der Waals surface area contributed by atoms with Crippen molar-refractivity contribution in [1.29, 1.82) is 0 Å². The molecule has 1 aromatic rings. The van der Waals surface area contributed by atoms with Gasteiger partial charge in [0.25, 0.3) is 0 Å². The van der Waals surface area contributed by atoms with Crippen molar-refractivity contribution in [3.8, 4) is 0 Å². The number of hydrogen-bond acceptors (Lipinski definition) is 0. The molecule has 0 aromatic carbocycles. The van der Waals surface area contributed by atoms with Crippen molar-refractivity contribution in [3.05, 3.63) is 18.7 Å². The molecule has 0 unspecified atom stereocenters. The van der Waals surface area contributed by atoms with Crippen LogP contribution in [0.4, 0.5) is 25.2 Å². The van der Waals surface area contributed by atoms with Crippen molar-refractivity contribution in [3.63, 3.8) is 0 Å². The van der Waals surface area contributed by atoms with Gasteiger partial charge in [-0.3, -0.25) is 0 Å². The minimum atomic E-state index is -10.7. The maximum absolute atomic E-state index is 10.7. The number of unbranched alkanes of at least 4 members (excludes halogenated alkanes) is 1. The summed E-state index contributed by atoms with van der Waals surface area (Å²) >= 11 is 0. The molecule has 0 saturated heterocycles. The van der Waals surface area contributed by atoms with Crippen LogP contribution in [0.5, 0.6) is 0 Å². The summed E-state index contributed by atoms with van der Waals surface area (Å²) in [4.78, 5) is 0.